The van der Waals surface area contributed by atoms with Gasteiger partial charge in [0.1, 0.15) is 5.78 Å². The predicted octanol–water partition coefficient (Wildman–Crippen LogP) is 3.22. The Hall–Kier alpha value is -0.370. The van der Waals surface area contributed by atoms with E-state index in [4.69, 9.17) is 0 Å². The normalized spacial score (nSPS) is 29.2. The van der Waals surface area contributed by atoms with E-state index < -0.39 is 0 Å². The van der Waals surface area contributed by atoms with Crippen molar-refractivity contribution in [2.45, 2.75) is 48.0 Å². The molecular formula is C15H29NO. The first kappa shape index (κ1) is 14.7. The van der Waals surface area contributed by atoms with Crippen LogP contribution < -0.4 is 0 Å². The monoisotopic (exact) mass is 239 g/mol. The van der Waals surface area contributed by atoms with Crippen LogP contribution in [0.3, 0.4) is 0 Å². The predicted molar refractivity (Wildman–Crippen MR) is 73.0 cm³/mol. The summed E-state index contributed by atoms with van der Waals surface area (Å²) in [5.41, 5.74) is 0.256. The third-order valence-corrected chi connectivity index (χ3v) is 4.04. The first-order valence-electron chi connectivity index (χ1n) is 6.74. The van der Waals surface area contributed by atoms with E-state index in [9.17, 15) is 4.79 Å². The Morgan fingerprint density at radius 2 is 1.59 bits per heavy atom. The molecule has 0 aromatic carbocycles. The van der Waals surface area contributed by atoms with Crippen LogP contribution in [0.25, 0.3) is 0 Å². The van der Waals surface area contributed by atoms with Crippen LogP contribution in [0.4, 0.5) is 0 Å². The van der Waals surface area contributed by atoms with Gasteiger partial charge in [0, 0.05) is 25.4 Å². The third kappa shape index (κ3) is 3.54. The van der Waals surface area contributed by atoms with Crippen LogP contribution in [0.15, 0.2) is 0 Å². The first-order chi connectivity index (χ1) is 7.53. The topological polar surface area (TPSA) is 20.3 Å². The number of carbonyl (C=O) groups is 1. The van der Waals surface area contributed by atoms with E-state index in [-0.39, 0.29) is 16.7 Å². The molecular weight excluding hydrogens is 210 g/mol. The van der Waals surface area contributed by atoms with Crippen molar-refractivity contribution in [1.29, 1.82) is 0 Å². The molecule has 1 fully saturated rings. The maximum absolute atomic E-state index is 12.4. The summed E-state index contributed by atoms with van der Waals surface area (Å²) in [4.78, 5) is 14.8. The molecule has 1 heterocycles. The second-order valence-corrected chi connectivity index (χ2v) is 7.79. The fourth-order valence-corrected chi connectivity index (χ4v) is 3.07. The van der Waals surface area contributed by atoms with Crippen LogP contribution >= 0.6 is 0 Å². The maximum atomic E-state index is 12.4. The Balaban J connectivity index is 3.11. The minimum absolute atomic E-state index is 0.0697. The molecule has 0 bridgehead atoms. The zero-order valence-corrected chi connectivity index (χ0v) is 12.6. The summed E-state index contributed by atoms with van der Waals surface area (Å²) in [7, 11) is 2.14. The van der Waals surface area contributed by atoms with E-state index in [1.165, 1.54) is 0 Å². The molecule has 0 aromatic heterocycles. The molecule has 1 aliphatic heterocycles. The zero-order valence-electron chi connectivity index (χ0n) is 12.6. The Labute approximate surface area is 107 Å². The zero-order chi connectivity index (χ0) is 13.4. The summed E-state index contributed by atoms with van der Waals surface area (Å²) in [6.07, 6.45) is 0.713. The van der Waals surface area contributed by atoms with E-state index >= 15 is 0 Å². The highest BCUT2D eigenvalue weighted by Gasteiger charge is 2.44. The van der Waals surface area contributed by atoms with Gasteiger partial charge in [0.15, 0.2) is 0 Å². The standard InChI is InChI=1S/C15H29NO/c1-14(2,3)11-10-16(7)9-8-12(17)13(11)15(4,5)6/h11,13H,8-10H2,1-7H3. The molecule has 1 aliphatic rings. The molecule has 2 nitrogen and oxygen atoms in total. The first-order valence-corrected chi connectivity index (χ1v) is 6.74. The number of nitrogens with zero attached hydrogens (tertiary/aromatic N) is 1. The van der Waals surface area contributed by atoms with Crippen LogP contribution in [0, 0.1) is 22.7 Å². The highest BCUT2D eigenvalue weighted by atomic mass is 16.1. The van der Waals surface area contributed by atoms with Crippen molar-refractivity contribution in [3.05, 3.63) is 0 Å². The van der Waals surface area contributed by atoms with Gasteiger partial charge in [-0.3, -0.25) is 4.79 Å². The van der Waals surface area contributed by atoms with Crippen LogP contribution in [-0.4, -0.2) is 30.8 Å². The summed E-state index contributed by atoms with van der Waals surface area (Å²) in [5.74, 6) is 1.09. The van der Waals surface area contributed by atoms with Gasteiger partial charge in [-0.1, -0.05) is 41.5 Å². The van der Waals surface area contributed by atoms with Crippen molar-refractivity contribution in [1.82, 2.24) is 4.90 Å². The number of ketones is 1. The van der Waals surface area contributed by atoms with Gasteiger partial charge in [-0.15, -0.1) is 0 Å². The second-order valence-electron chi connectivity index (χ2n) is 7.79. The summed E-state index contributed by atoms with van der Waals surface area (Å²) < 4.78 is 0. The fraction of sp³-hybridized carbons (Fsp3) is 0.933. The molecule has 1 rings (SSSR count). The SMILES string of the molecule is CN1CCC(=O)C(C(C)(C)C)C(C(C)(C)C)C1. The summed E-state index contributed by atoms with van der Waals surface area (Å²) >= 11 is 0. The second kappa shape index (κ2) is 4.72. The molecule has 1 saturated heterocycles. The number of rotatable bonds is 0. The Morgan fingerprint density at radius 1 is 1.06 bits per heavy atom. The van der Waals surface area contributed by atoms with Gasteiger partial charge in [0.05, 0.1) is 0 Å². The Bertz CT molecular complexity index is 282. The lowest BCUT2D eigenvalue weighted by molar-refractivity contribution is -0.129. The van der Waals surface area contributed by atoms with Crippen molar-refractivity contribution in [2.24, 2.45) is 22.7 Å². The highest BCUT2D eigenvalue weighted by molar-refractivity contribution is 5.82. The number of Topliss-reactive ketones (excluding diaryl/α,β-unsaturated/α-hetero) is 1. The van der Waals surface area contributed by atoms with Gasteiger partial charge in [-0.2, -0.15) is 0 Å². The Kier molecular flexibility index (Phi) is 4.08. The molecule has 2 heteroatoms. The molecule has 0 aliphatic carbocycles. The molecule has 0 amide bonds. The summed E-state index contributed by atoms with van der Waals surface area (Å²) in [5, 5.41) is 0. The van der Waals surface area contributed by atoms with E-state index in [0.717, 1.165) is 13.1 Å². The quantitative estimate of drug-likeness (QED) is 0.647. The Morgan fingerprint density at radius 3 is 2.00 bits per heavy atom. The van der Waals surface area contributed by atoms with Crippen molar-refractivity contribution in [3.63, 3.8) is 0 Å². The van der Waals surface area contributed by atoms with Crippen LogP contribution in [0.1, 0.15) is 48.0 Å². The minimum Gasteiger partial charge on any atom is -0.306 e. The third-order valence-electron chi connectivity index (χ3n) is 4.04. The lowest BCUT2D eigenvalue weighted by atomic mass is 9.63. The van der Waals surface area contributed by atoms with E-state index in [1.54, 1.807) is 0 Å². The smallest absolute Gasteiger partial charge is 0.138 e. The largest absolute Gasteiger partial charge is 0.306 e. The minimum atomic E-state index is 0.0697. The fourth-order valence-electron chi connectivity index (χ4n) is 3.07. The van der Waals surface area contributed by atoms with Gasteiger partial charge in [-0.25, -0.2) is 0 Å². The number of carbonyl (C=O) groups excluding carboxylic acids is 1. The molecule has 17 heavy (non-hydrogen) atoms. The van der Waals surface area contributed by atoms with Crippen LogP contribution in [-0.2, 0) is 4.79 Å². The average molecular weight is 239 g/mol. The lowest BCUT2D eigenvalue weighted by Gasteiger charge is -2.42. The molecule has 0 radical (unpaired) electrons. The van der Waals surface area contributed by atoms with Crippen molar-refractivity contribution < 1.29 is 4.79 Å². The summed E-state index contributed by atoms with van der Waals surface area (Å²) in [6.45, 7) is 15.4. The summed E-state index contributed by atoms with van der Waals surface area (Å²) in [6, 6.07) is 0. The van der Waals surface area contributed by atoms with Crippen LogP contribution in [0.5, 0.6) is 0 Å². The van der Waals surface area contributed by atoms with E-state index in [0.29, 0.717) is 18.1 Å². The highest BCUT2D eigenvalue weighted by Crippen LogP contribution is 2.43. The van der Waals surface area contributed by atoms with E-state index in [1.807, 2.05) is 0 Å². The van der Waals surface area contributed by atoms with Gasteiger partial charge in [0.2, 0.25) is 0 Å². The van der Waals surface area contributed by atoms with Gasteiger partial charge in [-0.05, 0) is 23.8 Å². The molecule has 2 atom stereocenters. The number of hydrogen-bond donors (Lipinski definition) is 0. The number of likely N-dealkylation sites (tertiary alicyclic amines) is 1. The molecule has 100 valence electrons. The van der Waals surface area contributed by atoms with Gasteiger partial charge >= 0.3 is 0 Å². The van der Waals surface area contributed by atoms with Crippen molar-refractivity contribution in [2.75, 3.05) is 20.1 Å². The van der Waals surface area contributed by atoms with Crippen molar-refractivity contribution >= 4 is 5.78 Å². The number of hydrogen-bond acceptors (Lipinski definition) is 2. The maximum Gasteiger partial charge on any atom is 0.138 e. The average Bonchev–Trinajstić information content (AvgIpc) is 2.23. The van der Waals surface area contributed by atoms with E-state index in [2.05, 4.69) is 53.5 Å². The van der Waals surface area contributed by atoms with Gasteiger partial charge in [0.25, 0.3) is 0 Å². The molecule has 0 spiro atoms. The lowest BCUT2D eigenvalue weighted by Crippen LogP contribution is -2.43. The molecule has 0 aromatic rings. The van der Waals surface area contributed by atoms with Crippen molar-refractivity contribution in [3.8, 4) is 0 Å². The van der Waals surface area contributed by atoms with Crippen LogP contribution in [0.2, 0.25) is 0 Å². The molecule has 2 unspecified atom stereocenters. The van der Waals surface area contributed by atoms with Gasteiger partial charge < -0.3 is 4.90 Å². The molecule has 0 saturated carbocycles. The molecule has 0 N–H and O–H groups in total.